The zero-order chi connectivity index (χ0) is 12.3. The van der Waals surface area contributed by atoms with Crippen molar-refractivity contribution >= 4 is 5.91 Å². The third kappa shape index (κ3) is 2.88. The molecule has 0 radical (unpaired) electrons. The van der Waals surface area contributed by atoms with Crippen LogP contribution in [0.25, 0.3) is 0 Å². The second-order valence-electron chi connectivity index (χ2n) is 4.65. The molecular weight excluding hydrogens is 216 g/mol. The minimum absolute atomic E-state index is 0.0771. The van der Waals surface area contributed by atoms with Crippen LogP contribution in [0.1, 0.15) is 48.9 Å². The molecule has 4 nitrogen and oxygen atoms in total. The van der Waals surface area contributed by atoms with Crippen molar-refractivity contribution in [1.82, 2.24) is 5.32 Å². The van der Waals surface area contributed by atoms with E-state index in [0.29, 0.717) is 5.76 Å². The molecular formula is C13H20N2O2. The molecule has 1 aromatic heterocycles. The van der Waals surface area contributed by atoms with Crippen LogP contribution in [0, 0.1) is 0 Å². The Morgan fingerprint density at radius 1 is 1.47 bits per heavy atom. The van der Waals surface area contributed by atoms with E-state index < -0.39 is 0 Å². The summed E-state index contributed by atoms with van der Waals surface area (Å²) in [5.41, 5.74) is 5.99. The molecule has 1 aromatic rings. The highest BCUT2D eigenvalue weighted by Crippen LogP contribution is 2.17. The molecule has 1 heterocycles. The van der Waals surface area contributed by atoms with Gasteiger partial charge >= 0.3 is 0 Å². The number of hydrogen-bond acceptors (Lipinski definition) is 3. The van der Waals surface area contributed by atoms with Crippen LogP contribution >= 0.6 is 0 Å². The molecule has 0 saturated heterocycles. The van der Waals surface area contributed by atoms with Crippen molar-refractivity contribution < 1.29 is 9.21 Å². The number of carbonyl (C=O) groups is 1. The van der Waals surface area contributed by atoms with Gasteiger partial charge in [-0.25, -0.2) is 0 Å². The Balaban J connectivity index is 1.96. The highest BCUT2D eigenvalue weighted by atomic mass is 16.3. The van der Waals surface area contributed by atoms with E-state index in [4.69, 9.17) is 10.2 Å². The lowest BCUT2D eigenvalue weighted by molar-refractivity contribution is 0.0891. The first-order valence-corrected chi connectivity index (χ1v) is 6.36. The average Bonchev–Trinajstić information content (AvgIpc) is 2.81. The number of nitrogens with one attached hydrogen (secondary N) is 1. The molecule has 0 unspecified atom stereocenters. The molecule has 0 bridgehead atoms. The summed E-state index contributed by atoms with van der Waals surface area (Å²) in [5, 5.41) is 2.96. The lowest BCUT2D eigenvalue weighted by Crippen LogP contribution is -2.49. The molecule has 0 aliphatic heterocycles. The highest BCUT2D eigenvalue weighted by Gasteiger charge is 2.24. The molecule has 3 N–H and O–H groups in total. The normalized spacial score (nSPS) is 24.6. The summed E-state index contributed by atoms with van der Waals surface area (Å²) >= 11 is 0. The van der Waals surface area contributed by atoms with Gasteiger partial charge in [0.2, 0.25) is 0 Å². The fourth-order valence-corrected chi connectivity index (χ4v) is 2.27. The van der Waals surface area contributed by atoms with Gasteiger partial charge in [0.15, 0.2) is 5.76 Å². The van der Waals surface area contributed by atoms with E-state index in [1.807, 2.05) is 13.0 Å². The molecule has 2 atom stereocenters. The Bertz CT molecular complexity index is 387. The van der Waals surface area contributed by atoms with Crippen LogP contribution in [0.2, 0.25) is 0 Å². The van der Waals surface area contributed by atoms with E-state index in [1.165, 1.54) is 0 Å². The van der Waals surface area contributed by atoms with Crippen molar-refractivity contribution in [2.45, 2.75) is 51.1 Å². The number of furan rings is 1. The Morgan fingerprint density at radius 3 is 2.88 bits per heavy atom. The molecule has 94 valence electrons. The van der Waals surface area contributed by atoms with Crippen LogP contribution in [0.4, 0.5) is 0 Å². The summed E-state index contributed by atoms with van der Waals surface area (Å²) in [5.74, 6) is 1.08. The van der Waals surface area contributed by atoms with Crippen molar-refractivity contribution in [3.63, 3.8) is 0 Å². The molecule has 0 aromatic carbocycles. The van der Waals surface area contributed by atoms with E-state index in [1.54, 1.807) is 6.07 Å². The van der Waals surface area contributed by atoms with Crippen LogP contribution in [-0.4, -0.2) is 18.0 Å². The van der Waals surface area contributed by atoms with Gasteiger partial charge in [-0.05, 0) is 25.0 Å². The maximum atomic E-state index is 11.9. The van der Waals surface area contributed by atoms with E-state index in [0.717, 1.165) is 37.9 Å². The topological polar surface area (TPSA) is 68.3 Å². The maximum Gasteiger partial charge on any atom is 0.287 e. The molecule has 0 spiro atoms. The lowest BCUT2D eigenvalue weighted by Gasteiger charge is -2.28. The van der Waals surface area contributed by atoms with Gasteiger partial charge in [0.1, 0.15) is 5.76 Å². The van der Waals surface area contributed by atoms with Crippen LogP contribution < -0.4 is 11.1 Å². The zero-order valence-electron chi connectivity index (χ0n) is 10.2. The first-order chi connectivity index (χ1) is 8.20. The Labute approximate surface area is 102 Å². The Hall–Kier alpha value is -1.29. The van der Waals surface area contributed by atoms with Gasteiger partial charge in [-0.3, -0.25) is 4.79 Å². The maximum absolute atomic E-state index is 11.9. The average molecular weight is 236 g/mol. The fraction of sp³-hybridized carbons (Fsp3) is 0.615. The van der Waals surface area contributed by atoms with Gasteiger partial charge in [0.25, 0.3) is 5.91 Å². The largest absolute Gasteiger partial charge is 0.456 e. The third-order valence-electron chi connectivity index (χ3n) is 3.37. The molecule has 4 heteroatoms. The molecule has 1 amide bonds. The molecule has 1 saturated carbocycles. The molecule has 1 aliphatic rings. The smallest absolute Gasteiger partial charge is 0.287 e. The van der Waals surface area contributed by atoms with Crippen LogP contribution in [0.5, 0.6) is 0 Å². The van der Waals surface area contributed by atoms with E-state index in [2.05, 4.69) is 5.32 Å². The number of nitrogens with two attached hydrogens (primary N) is 1. The van der Waals surface area contributed by atoms with E-state index >= 15 is 0 Å². The quantitative estimate of drug-likeness (QED) is 0.841. The molecule has 17 heavy (non-hydrogen) atoms. The summed E-state index contributed by atoms with van der Waals surface area (Å²) in [6.45, 7) is 2.00. The van der Waals surface area contributed by atoms with E-state index in [-0.39, 0.29) is 18.0 Å². The Morgan fingerprint density at radius 2 is 2.24 bits per heavy atom. The standard InChI is InChI=1S/C13H20N2O2/c1-2-9-7-8-12(17-9)13(16)15-11-6-4-3-5-10(11)14/h7-8,10-11H,2-6,14H2,1H3,(H,15,16)/t10-,11-/m1/s1. The molecule has 2 rings (SSSR count). The van der Waals surface area contributed by atoms with Crippen molar-refractivity contribution in [2.24, 2.45) is 5.73 Å². The van der Waals surface area contributed by atoms with Crippen molar-refractivity contribution in [2.75, 3.05) is 0 Å². The predicted molar refractivity (Wildman–Crippen MR) is 65.8 cm³/mol. The summed E-state index contributed by atoms with van der Waals surface area (Å²) in [6, 6.07) is 3.73. The number of carbonyl (C=O) groups excluding carboxylic acids is 1. The predicted octanol–water partition coefficient (Wildman–Crippen LogP) is 1.84. The van der Waals surface area contributed by atoms with E-state index in [9.17, 15) is 4.79 Å². The van der Waals surface area contributed by atoms with Crippen molar-refractivity contribution in [3.8, 4) is 0 Å². The number of amides is 1. The third-order valence-corrected chi connectivity index (χ3v) is 3.37. The summed E-state index contributed by atoms with van der Waals surface area (Å²) < 4.78 is 5.42. The number of hydrogen-bond donors (Lipinski definition) is 2. The van der Waals surface area contributed by atoms with Crippen LogP contribution in [-0.2, 0) is 6.42 Å². The summed E-state index contributed by atoms with van der Waals surface area (Å²) in [6.07, 6.45) is 5.05. The highest BCUT2D eigenvalue weighted by molar-refractivity contribution is 5.91. The molecule has 1 aliphatic carbocycles. The van der Waals surface area contributed by atoms with Gasteiger partial charge < -0.3 is 15.5 Å². The first-order valence-electron chi connectivity index (χ1n) is 6.36. The monoisotopic (exact) mass is 236 g/mol. The Kier molecular flexibility index (Phi) is 3.84. The van der Waals surface area contributed by atoms with Crippen molar-refractivity contribution in [1.29, 1.82) is 0 Å². The summed E-state index contributed by atoms with van der Waals surface area (Å²) in [7, 11) is 0. The lowest BCUT2D eigenvalue weighted by atomic mass is 9.91. The minimum atomic E-state index is -0.146. The minimum Gasteiger partial charge on any atom is -0.456 e. The second kappa shape index (κ2) is 5.36. The number of rotatable bonds is 3. The second-order valence-corrected chi connectivity index (χ2v) is 4.65. The van der Waals surface area contributed by atoms with Gasteiger partial charge in [-0.2, -0.15) is 0 Å². The van der Waals surface area contributed by atoms with Crippen LogP contribution in [0.3, 0.4) is 0 Å². The summed E-state index contributed by atoms with van der Waals surface area (Å²) in [4.78, 5) is 11.9. The van der Waals surface area contributed by atoms with Gasteiger partial charge in [0, 0.05) is 18.5 Å². The SMILES string of the molecule is CCc1ccc(C(=O)N[C@@H]2CCCC[C@H]2N)o1. The van der Waals surface area contributed by atoms with Crippen molar-refractivity contribution in [3.05, 3.63) is 23.7 Å². The van der Waals surface area contributed by atoms with Crippen LogP contribution in [0.15, 0.2) is 16.5 Å². The first kappa shape index (κ1) is 12.2. The zero-order valence-corrected chi connectivity index (χ0v) is 10.2. The molecule has 1 fully saturated rings. The number of aryl methyl sites for hydroxylation is 1. The van der Waals surface area contributed by atoms with Gasteiger partial charge in [-0.15, -0.1) is 0 Å². The fourth-order valence-electron chi connectivity index (χ4n) is 2.27. The van der Waals surface area contributed by atoms with Gasteiger partial charge in [0.05, 0.1) is 0 Å². The van der Waals surface area contributed by atoms with Gasteiger partial charge in [-0.1, -0.05) is 19.8 Å².